The molecule has 26 heavy (non-hydrogen) atoms. The number of hydrogen-bond acceptors (Lipinski definition) is 6. The van der Waals surface area contributed by atoms with E-state index < -0.39 is 0 Å². The highest BCUT2D eigenvalue weighted by atomic mass is 16.5. The van der Waals surface area contributed by atoms with Gasteiger partial charge in [-0.25, -0.2) is 0 Å². The van der Waals surface area contributed by atoms with Gasteiger partial charge in [0.25, 0.3) is 0 Å². The molecule has 0 aliphatic heterocycles. The molecule has 4 aromatic rings. The van der Waals surface area contributed by atoms with Crippen LogP contribution < -0.4 is 5.73 Å². The first kappa shape index (κ1) is 16.1. The summed E-state index contributed by atoms with van der Waals surface area (Å²) in [6.45, 7) is 0.375. The fourth-order valence-corrected chi connectivity index (χ4v) is 2.64. The van der Waals surface area contributed by atoms with Gasteiger partial charge >= 0.3 is 0 Å². The average molecular weight is 343 g/mol. The summed E-state index contributed by atoms with van der Waals surface area (Å²) in [7, 11) is 0. The van der Waals surface area contributed by atoms with Crippen molar-refractivity contribution in [1.29, 1.82) is 0 Å². The number of benzene rings is 2. The Hall–Kier alpha value is -3.38. The van der Waals surface area contributed by atoms with E-state index >= 15 is 0 Å². The highest BCUT2D eigenvalue weighted by molar-refractivity contribution is 5.67. The summed E-state index contributed by atoms with van der Waals surface area (Å²) in [6.07, 6.45) is 4.02. The summed E-state index contributed by atoms with van der Waals surface area (Å²) in [6, 6.07) is 17.9. The molecule has 2 aromatic heterocycles. The lowest BCUT2D eigenvalue weighted by Crippen LogP contribution is -2.00. The molecule has 2 heterocycles. The summed E-state index contributed by atoms with van der Waals surface area (Å²) in [5.41, 5.74) is 10.0. The maximum atomic E-state index is 5.57. The van der Waals surface area contributed by atoms with Crippen molar-refractivity contribution in [3.8, 4) is 22.6 Å². The summed E-state index contributed by atoms with van der Waals surface area (Å²) in [4.78, 5) is 13.2. The van der Waals surface area contributed by atoms with Gasteiger partial charge < -0.3 is 10.3 Å². The van der Waals surface area contributed by atoms with E-state index in [1.807, 2.05) is 54.6 Å². The van der Waals surface area contributed by atoms with E-state index in [0.29, 0.717) is 24.7 Å². The van der Waals surface area contributed by atoms with Gasteiger partial charge in [0.1, 0.15) is 0 Å². The molecule has 0 saturated carbocycles. The predicted octanol–water partition coefficient (Wildman–Crippen LogP) is 3.24. The SMILES string of the molecule is NCc1cnc(-c2cccc(-c3noc(Cc4ccccc4)n3)c2)cn1. The number of rotatable bonds is 5. The number of aromatic nitrogens is 4. The second kappa shape index (κ2) is 7.25. The fraction of sp³-hybridized carbons (Fsp3) is 0.100. The van der Waals surface area contributed by atoms with Crippen molar-refractivity contribution in [3.05, 3.63) is 84.1 Å². The monoisotopic (exact) mass is 343 g/mol. The van der Waals surface area contributed by atoms with Crippen LogP contribution in [-0.4, -0.2) is 20.1 Å². The smallest absolute Gasteiger partial charge is 0.231 e. The Morgan fingerprint density at radius 1 is 0.885 bits per heavy atom. The zero-order valence-corrected chi connectivity index (χ0v) is 14.0. The van der Waals surface area contributed by atoms with Crippen molar-refractivity contribution in [2.24, 2.45) is 5.73 Å². The molecular formula is C20H17N5O. The van der Waals surface area contributed by atoms with Crippen LogP contribution >= 0.6 is 0 Å². The van der Waals surface area contributed by atoms with Crippen molar-refractivity contribution >= 4 is 0 Å². The minimum atomic E-state index is 0.375. The zero-order chi connectivity index (χ0) is 17.8. The Kier molecular flexibility index (Phi) is 4.49. The fourth-order valence-electron chi connectivity index (χ4n) is 2.64. The van der Waals surface area contributed by atoms with Crippen LogP contribution in [0.2, 0.25) is 0 Å². The van der Waals surface area contributed by atoms with E-state index in [1.165, 1.54) is 0 Å². The average Bonchev–Trinajstić information content (AvgIpc) is 3.17. The first-order chi connectivity index (χ1) is 12.8. The van der Waals surface area contributed by atoms with Gasteiger partial charge in [-0.15, -0.1) is 0 Å². The minimum Gasteiger partial charge on any atom is -0.339 e. The number of nitrogens with two attached hydrogens (primary N) is 1. The van der Waals surface area contributed by atoms with Gasteiger partial charge in [0.05, 0.1) is 30.2 Å². The molecule has 6 nitrogen and oxygen atoms in total. The van der Waals surface area contributed by atoms with Gasteiger partial charge in [-0.3, -0.25) is 9.97 Å². The molecule has 2 aromatic carbocycles. The Morgan fingerprint density at radius 2 is 1.73 bits per heavy atom. The van der Waals surface area contributed by atoms with Crippen molar-refractivity contribution in [1.82, 2.24) is 20.1 Å². The molecule has 0 aliphatic rings. The maximum Gasteiger partial charge on any atom is 0.231 e. The largest absolute Gasteiger partial charge is 0.339 e. The van der Waals surface area contributed by atoms with E-state index in [0.717, 1.165) is 28.1 Å². The van der Waals surface area contributed by atoms with Crippen molar-refractivity contribution in [2.45, 2.75) is 13.0 Å². The lowest BCUT2D eigenvalue weighted by atomic mass is 10.1. The van der Waals surface area contributed by atoms with Crippen molar-refractivity contribution < 1.29 is 4.52 Å². The molecule has 0 fully saturated rings. The van der Waals surface area contributed by atoms with Gasteiger partial charge in [-0.1, -0.05) is 53.7 Å². The van der Waals surface area contributed by atoms with E-state index in [-0.39, 0.29) is 0 Å². The quantitative estimate of drug-likeness (QED) is 0.598. The lowest BCUT2D eigenvalue weighted by Gasteiger charge is -2.03. The molecule has 2 N–H and O–H groups in total. The first-order valence-electron chi connectivity index (χ1n) is 8.30. The first-order valence-corrected chi connectivity index (χ1v) is 8.30. The van der Waals surface area contributed by atoms with Crippen molar-refractivity contribution in [2.75, 3.05) is 0 Å². The molecule has 4 rings (SSSR count). The molecule has 6 heteroatoms. The van der Waals surface area contributed by atoms with E-state index in [4.69, 9.17) is 10.3 Å². The molecule has 0 atom stereocenters. The maximum absolute atomic E-state index is 5.57. The van der Waals surface area contributed by atoms with Gasteiger partial charge in [-0.05, 0) is 11.6 Å². The van der Waals surface area contributed by atoms with Crippen LogP contribution in [0.5, 0.6) is 0 Å². The number of hydrogen-bond donors (Lipinski definition) is 1. The molecule has 128 valence electrons. The zero-order valence-electron chi connectivity index (χ0n) is 14.0. The summed E-state index contributed by atoms with van der Waals surface area (Å²) in [5, 5.41) is 4.11. The van der Waals surface area contributed by atoms with E-state index in [2.05, 4.69) is 20.1 Å². The van der Waals surface area contributed by atoms with Gasteiger partial charge in [0, 0.05) is 17.7 Å². The molecule has 0 bridgehead atoms. The van der Waals surface area contributed by atoms with Crippen LogP contribution in [0.15, 0.2) is 71.5 Å². The van der Waals surface area contributed by atoms with E-state index in [1.54, 1.807) is 12.4 Å². The molecule has 0 saturated heterocycles. The van der Waals surface area contributed by atoms with Crippen LogP contribution in [0.3, 0.4) is 0 Å². The van der Waals surface area contributed by atoms with Gasteiger partial charge in [0.2, 0.25) is 11.7 Å². The Morgan fingerprint density at radius 3 is 2.50 bits per heavy atom. The summed E-state index contributed by atoms with van der Waals surface area (Å²) < 4.78 is 5.40. The van der Waals surface area contributed by atoms with E-state index in [9.17, 15) is 0 Å². The normalized spacial score (nSPS) is 10.8. The highest BCUT2D eigenvalue weighted by Gasteiger charge is 2.11. The molecule has 0 spiro atoms. The second-order valence-corrected chi connectivity index (χ2v) is 5.85. The third-order valence-electron chi connectivity index (χ3n) is 4.00. The molecule has 0 aliphatic carbocycles. The summed E-state index contributed by atoms with van der Waals surface area (Å²) >= 11 is 0. The lowest BCUT2D eigenvalue weighted by molar-refractivity contribution is 0.385. The van der Waals surface area contributed by atoms with Crippen LogP contribution in [0, 0.1) is 0 Å². The van der Waals surface area contributed by atoms with Crippen LogP contribution in [0.1, 0.15) is 17.1 Å². The third kappa shape index (κ3) is 3.50. The third-order valence-corrected chi connectivity index (χ3v) is 4.00. The Bertz CT molecular complexity index is 996. The van der Waals surface area contributed by atoms with Crippen molar-refractivity contribution in [3.63, 3.8) is 0 Å². The Labute approximate surface area is 150 Å². The standard InChI is InChI=1S/C20H17N5O/c21-11-17-12-23-18(13-22-17)15-7-4-8-16(10-15)20-24-19(26-25-20)9-14-5-2-1-3-6-14/h1-8,10,12-13H,9,11,21H2. The molecular weight excluding hydrogens is 326 g/mol. The minimum absolute atomic E-state index is 0.375. The van der Waals surface area contributed by atoms with Crippen LogP contribution in [0.25, 0.3) is 22.6 Å². The summed E-state index contributed by atoms with van der Waals surface area (Å²) in [5.74, 6) is 1.15. The van der Waals surface area contributed by atoms with Crippen LogP contribution in [-0.2, 0) is 13.0 Å². The van der Waals surface area contributed by atoms with Gasteiger partial charge in [0.15, 0.2) is 0 Å². The topological polar surface area (TPSA) is 90.7 Å². The second-order valence-electron chi connectivity index (χ2n) is 5.85. The Balaban J connectivity index is 1.58. The molecule has 0 radical (unpaired) electrons. The predicted molar refractivity (Wildman–Crippen MR) is 97.9 cm³/mol. The molecule has 0 unspecified atom stereocenters. The van der Waals surface area contributed by atoms with Gasteiger partial charge in [-0.2, -0.15) is 4.98 Å². The number of nitrogens with zero attached hydrogens (tertiary/aromatic N) is 4. The molecule has 0 amide bonds. The highest BCUT2D eigenvalue weighted by Crippen LogP contribution is 2.23. The van der Waals surface area contributed by atoms with Crippen LogP contribution in [0.4, 0.5) is 0 Å².